The zero-order chi connectivity index (χ0) is 18.1. The van der Waals surface area contributed by atoms with E-state index in [2.05, 4.69) is 5.32 Å². The predicted octanol–water partition coefficient (Wildman–Crippen LogP) is 3.50. The molecule has 0 aliphatic carbocycles. The van der Waals surface area contributed by atoms with Gasteiger partial charge < -0.3 is 10.2 Å². The van der Waals surface area contributed by atoms with Crippen LogP contribution in [-0.4, -0.2) is 35.6 Å². The highest BCUT2D eigenvalue weighted by Gasteiger charge is 2.35. The molecule has 1 aromatic rings. The number of anilines is 1. The summed E-state index contributed by atoms with van der Waals surface area (Å²) in [5.74, 6) is 0.694. The molecule has 1 N–H and O–H groups in total. The van der Waals surface area contributed by atoms with Gasteiger partial charge in [0.25, 0.3) is 0 Å². The summed E-state index contributed by atoms with van der Waals surface area (Å²) in [6.45, 7) is 11.9. The number of carbonyl (C=O) groups is 2. The Morgan fingerprint density at radius 1 is 1.21 bits per heavy atom. The fourth-order valence-electron chi connectivity index (χ4n) is 2.52. The minimum Gasteiger partial charge on any atom is -0.302 e. The van der Waals surface area contributed by atoms with E-state index in [-0.39, 0.29) is 29.8 Å². The van der Waals surface area contributed by atoms with Crippen LogP contribution in [0.2, 0.25) is 0 Å². The van der Waals surface area contributed by atoms with E-state index in [0.717, 1.165) is 10.6 Å². The van der Waals surface area contributed by atoms with E-state index in [1.54, 1.807) is 16.7 Å². The molecule has 1 atom stereocenters. The molecule has 0 bridgehead atoms. The second-order valence-corrected chi connectivity index (χ2v) is 9.39. The second-order valence-electron chi connectivity index (χ2n) is 8.32. The summed E-state index contributed by atoms with van der Waals surface area (Å²) in [5, 5.41) is 3.40. The Morgan fingerprint density at radius 2 is 1.83 bits per heavy atom. The summed E-state index contributed by atoms with van der Waals surface area (Å²) in [4.78, 5) is 28.4. The minimum absolute atomic E-state index is 0.0278. The molecule has 24 heavy (non-hydrogen) atoms. The first-order valence-electron chi connectivity index (χ1n) is 8.33. The molecule has 1 amide bonds. The number of hydrogen-bond donors (Lipinski definition) is 1. The number of Topliss-reactive ketones (excluding diaryl/α,β-unsaturated/α-hetero) is 1. The number of para-hydroxylation sites is 1. The minimum atomic E-state index is -0.471. The molecular formula is C19H28N2O2S. The molecule has 0 saturated heterocycles. The van der Waals surface area contributed by atoms with E-state index in [0.29, 0.717) is 5.75 Å². The van der Waals surface area contributed by atoms with Crippen LogP contribution in [0.1, 0.15) is 41.5 Å². The summed E-state index contributed by atoms with van der Waals surface area (Å²) < 4.78 is 0. The Labute approximate surface area is 149 Å². The first kappa shape index (κ1) is 19.0. The van der Waals surface area contributed by atoms with Crippen LogP contribution in [0.3, 0.4) is 0 Å². The maximum atomic E-state index is 13.1. The van der Waals surface area contributed by atoms with Crippen LogP contribution in [-0.2, 0) is 9.59 Å². The van der Waals surface area contributed by atoms with Crippen LogP contribution in [0, 0.1) is 5.41 Å². The Morgan fingerprint density at radius 3 is 2.42 bits per heavy atom. The van der Waals surface area contributed by atoms with Crippen molar-refractivity contribution in [3.05, 3.63) is 24.3 Å². The van der Waals surface area contributed by atoms with Crippen molar-refractivity contribution in [2.24, 2.45) is 5.41 Å². The highest BCUT2D eigenvalue weighted by Crippen LogP contribution is 2.35. The Kier molecular flexibility index (Phi) is 5.45. The number of benzene rings is 1. The van der Waals surface area contributed by atoms with Crippen molar-refractivity contribution in [2.75, 3.05) is 17.2 Å². The molecule has 5 heteroatoms. The first-order chi connectivity index (χ1) is 11.0. The van der Waals surface area contributed by atoms with Gasteiger partial charge in [0.15, 0.2) is 5.78 Å². The Bertz CT molecular complexity index is 629. The zero-order valence-electron chi connectivity index (χ0n) is 15.5. The van der Waals surface area contributed by atoms with Gasteiger partial charge in [-0.15, -0.1) is 11.8 Å². The number of thioether (sulfide) groups is 1. The van der Waals surface area contributed by atoms with Crippen LogP contribution >= 0.6 is 11.8 Å². The second kappa shape index (κ2) is 6.89. The van der Waals surface area contributed by atoms with Crippen LogP contribution in [0.25, 0.3) is 0 Å². The Balaban J connectivity index is 2.37. The number of fused-ring (bicyclic) bond motifs is 1. The quantitative estimate of drug-likeness (QED) is 0.908. The summed E-state index contributed by atoms with van der Waals surface area (Å²) in [7, 11) is 0. The number of ketones is 1. The van der Waals surface area contributed by atoms with Crippen LogP contribution < -0.4 is 10.2 Å². The maximum Gasteiger partial charge on any atom is 0.245 e. The highest BCUT2D eigenvalue weighted by atomic mass is 32.2. The van der Waals surface area contributed by atoms with E-state index in [9.17, 15) is 9.59 Å². The van der Waals surface area contributed by atoms with Gasteiger partial charge in [-0.2, -0.15) is 0 Å². The third-order valence-corrected chi connectivity index (χ3v) is 5.03. The van der Waals surface area contributed by atoms with Crippen molar-refractivity contribution in [3.63, 3.8) is 0 Å². The van der Waals surface area contributed by atoms with Crippen LogP contribution in [0.5, 0.6) is 0 Å². The number of carbonyl (C=O) groups excluding carboxylic acids is 2. The van der Waals surface area contributed by atoms with E-state index < -0.39 is 5.41 Å². The van der Waals surface area contributed by atoms with E-state index in [1.807, 2.05) is 65.8 Å². The standard InChI is InChI=1S/C19H28N2O2S/c1-18(2,3)16(22)11-21-14-9-7-8-10-15(14)24-12-13(17(21)23)20-19(4,5)6/h7-10,13,20H,11-12H2,1-6H3/t13-/m0/s1. The molecule has 0 unspecified atom stereocenters. The van der Waals surface area contributed by atoms with Gasteiger partial charge in [-0.05, 0) is 32.9 Å². The molecule has 0 saturated carbocycles. The van der Waals surface area contributed by atoms with Gasteiger partial charge in [-0.25, -0.2) is 0 Å². The predicted molar refractivity (Wildman–Crippen MR) is 101 cm³/mol. The van der Waals surface area contributed by atoms with Gasteiger partial charge in [0, 0.05) is 21.6 Å². The monoisotopic (exact) mass is 348 g/mol. The average molecular weight is 349 g/mol. The summed E-state index contributed by atoms with van der Waals surface area (Å²) >= 11 is 1.66. The molecule has 1 heterocycles. The molecule has 4 nitrogen and oxygen atoms in total. The molecule has 0 fully saturated rings. The lowest BCUT2D eigenvalue weighted by molar-refractivity contribution is -0.127. The van der Waals surface area contributed by atoms with Crippen LogP contribution in [0.4, 0.5) is 5.69 Å². The first-order valence-corrected chi connectivity index (χ1v) is 9.32. The van der Waals surface area contributed by atoms with Crippen molar-refractivity contribution in [2.45, 2.75) is 58.0 Å². The van der Waals surface area contributed by atoms with Gasteiger partial charge in [0.2, 0.25) is 5.91 Å². The van der Waals surface area contributed by atoms with Crippen molar-refractivity contribution in [3.8, 4) is 0 Å². The molecule has 0 aromatic heterocycles. The topological polar surface area (TPSA) is 49.4 Å². The molecular weight excluding hydrogens is 320 g/mol. The third-order valence-electron chi connectivity index (χ3n) is 3.87. The Hall–Kier alpha value is -1.33. The third kappa shape index (κ3) is 4.61. The summed E-state index contributed by atoms with van der Waals surface area (Å²) in [6.07, 6.45) is 0. The molecule has 2 rings (SSSR count). The van der Waals surface area contributed by atoms with E-state index in [4.69, 9.17) is 0 Å². The fraction of sp³-hybridized carbons (Fsp3) is 0.579. The summed E-state index contributed by atoms with van der Waals surface area (Å²) in [5.41, 5.74) is 0.196. The van der Waals surface area contributed by atoms with Gasteiger partial charge in [0.05, 0.1) is 18.3 Å². The normalized spacial score (nSPS) is 19.0. The van der Waals surface area contributed by atoms with Crippen molar-refractivity contribution in [1.82, 2.24) is 5.32 Å². The van der Waals surface area contributed by atoms with E-state index in [1.165, 1.54) is 0 Å². The molecule has 0 spiro atoms. The fourth-order valence-corrected chi connectivity index (χ4v) is 3.60. The smallest absolute Gasteiger partial charge is 0.245 e. The van der Waals surface area contributed by atoms with Gasteiger partial charge in [0.1, 0.15) is 0 Å². The number of nitrogens with zero attached hydrogens (tertiary/aromatic N) is 1. The molecule has 1 aliphatic heterocycles. The number of amides is 1. The van der Waals surface area contributed by atoms with Crippen molar-refractivity contribution < 1.29 is 9.59 Å². The summed E-state index contributed by atoms with van der Waals surface area (Å²) in [6, 6.07) is 7.52. The molecule has 1 aromatic carbocycles. The lowest BCUT2D eigenvalue weighted by Crippen LogP contribution is -2.54. The van der Waals surface area contributed by atoms with Crippen molar-refractivity contribution in [1.29, 1.82) is 0 Å². The van der Waals surface area contributed by atoms with Gasteiger partial charge in [-0.1, -0.05) is 32.9 Å². The SMILES string of the molecule is CC(C)(C)N[C@H]1CSc2ccccc2N(CC(=O)C(C)(C)C)C1=O. The van der Waals surface area contributed by atoms with E-state index >= 15 is 0 Å². The largest absolute Gasteiger partial charge is 0.302 e. The highest BCUT2D eigenvalue weighted by molar-refractivity contribution is 7.99. The molecule has 132 valence electrons. The average Bonchev–Trinajstić information content (AvgIpc) is 2.57. The number of rotatable bonds is 3. The molecule has 1 aliphatic rings. The van der Waals surface area contributed by atoms with Crippen molar-refractivity contribution >= 4 is 29.1 Å². The van der Waals surface area contributed by atoms with Crippen LogP contribution in [0.15, 0.2) is 29.2 Å². The number of hydrogen-bond acceptors (Lipinski definition) is 4. The lowest BCUT2D eigenvalue weighted by Gasteiger charge is -2.31. The van der Waals surface area contributed by atoms with Gasteiger partial charge >= 0.3 is 0 Å². The van der Waals surface area contributed by atoms with Gasteiger partial charge in [-0.3, -0.25) is 9.59 Å². The molecule has 0 radical (unpaired) electrons. The maximum absolute atomic E-state index is 13.1. The number of nitrogens with one attached hydrogen (secondary N) is 1. The lowest BCUT2D eigenvalue weighted by atomic mass is 9.90. The zero-order valence-corrected chi connectivity index (χ0v) is 16.3.